The molecule has 1 atom stereocenters. The first-order valence-electron chi connectivity index (χ1n) is 8.48. The van der Waals surface area contributed by atoms with E-state index < -0.39 is 0 Å². The lowest BCUT2D eigenvalue weighted by atomic mass is 9.78. The number of nitrogens with zero attached hydrogens (tertiary/aromatic N) is 3. The van der Waals surface area contributed by atoms with Crippen LogP contribution < -0.4 is 5.32 Å². The second-order valence-electron chi connectivity index (χ2n) is 6.69. The van der Waals surface area contributed by atoms with E-state index in [0.29, 0.717) is 11.3 Å². The van der Waals surface area contributed by atoms with Gasteiger partial charge in [-0.2, -0.15) is 0 Å². The number of ether oxygens (including phenoxy) is 1. The molecule has 3 heterocycles. The monoisotopic (exact) mass is 314 g/mol. The quantitative estimate of drug-likeness (QED) is 0.924. The molecule has 1 saturated heterocycles. The summed E-state index contributed by atoms with van der Waals surface area (Å²) in [5, 5.41) is 3.15. The molecule has 23 heavy (non-hydrogen) atoms. The predicted molar refractivity (Wildman–Crippen MR) is 85.2 cm³/mol. The zero-order valence-electron chi connectivity index (χ0n) is 13.2. The van der Waals surface area contributed by atoms with Gasteiger partial charge < -0.3 is 14.5 Å². The van der Waals surface area contributed by atoms with Gasteiger partial charge in [0.05, 0.1) is 5.60 Å². The number of carbonyl (C=O) groups is 1. The summed E-state index contributed by atoms with van der Waals surface area (Å²) in [6, 6.07) is 0.159. The number of amides is 1. The molecule has 0 radical (unpaired) electrons. The maximum atomic E-state index is 12.6. The number of aromatic nitrogens is 3. The Bertz CT molecular complexity index is 700. The van der Waals surface area contributed by atoms with E-state index in [-0.39, 0.29) is 17.6 Å². The average Bonchev–Trinajstić information content (AvgIpc) is 3.04. The SMILES string of the molecule is O=C(N[C@@H]1CCOC2(CCCCC2)C1)c1nccn2ccnc12. The molecule has 122 valence electrons. The molecule has 6 heteroatoms. The Morgan fingerprint density at radius 2 is 2.00 bits per heavy atom. The van der Waals surface area contributed by atoms with Crippen LogP contribution in [0.2, 0.25) is 0 Å². The highest BCUT2D eigenvalue weighted by Gasteiger charge is 2.39. The first kappa shape index (κ1) is 14.6. The van der Waals surface area contributed by atoms with Crippen molar-refractivity contribution in [2.24, 2.45) is 0 Å². The van der Waals surface area contributed by atoms with Crippen molar-refractivity contribution >= 4 is 11.6 Å². The minimum absolute atomic E-state index is 0.0127. The van der Waals surface area contributed by atoms with E-state index in [2.05, 4.69) is 15.3 Å². The summed E-state index contributed by atoms with van der Waals surface area (Å²) < 4.78 is 7.91. The molecule has 2 aromatic rings. The third kappa shape index (κ3) is 2.83. The molecule has 6 nitrogen and oxygen atoms in total. The Balaban J connectivity index is 1.49. The normalized spacial score (nSPS) is 23.9. The lowest BCUT2D eigenvalue weighted by Crippen LogP contribution is -2.49. The van der Waals surface area contributed by atoms with Crippen molar-refractivity contribution in [1.82, 2.24) is 19.7 Å². The van der Waals surface area contributed by atoms with Crippen LogP contribution in [0.3, 0.4) is 0 Å². The number of imidazole rings is 1. The van der Waals surface area contributed by atoms with E-state index in [9.17, 15) is 4.79 Å². The highest BCUT2D eigenvalue weighted by atomic mass is 16.5. The summed E-state index contributed by atoms with van der Waals surface area (Å²) >= 11 is 0. The topological polar surface area (TPSA) is 68.5 Å². The van der Waals surface area contributed by atoms with E-state index in [1.54, 1.807) is 18.6 Å². The van der Waals surface area contributed by atoms with E-state index in [1.165, 1.54) is 19.3 Å². The van der Waals surface area contributed by atoms with Gasteiger partial charge in [0, 0.05) is 37.4 Å². The first-order chi connectivity index (χ1) is 11.3. The predicted octanol–water partition coefficient (Wildman–Crippen LogP) is 2.34. The minimum atomic E-state index is -0.139. The van der Waals surface area contributed by atoms with Gasteiger partial charge in [-0.15, -0.1) is 0 Å². The Morgan fingerprint density at radius 3 is 2.83 bits per heavy atom. The number of fused-ring (bicyclic) bond motifs is 1. The summed E-state index contributed by atoms with van der Waals surface area (Å²) in [4.78, 5) is 21.1. The van der Waals surface area contributed by atoms with Gasteiger partial charge in [-0.3, -0.25) is 4.79 Å². The van der Waals surface area contributed by atoms with Gasteiger partial charge in [-0.25, -0.2) is 9.97 Å². The van der Waals surface area contributed by atoms with Crippen molar-refractivity contribution in [3.63, 3.8) is 0 Å². The average molecular weight is 314 g/mol. The third-order valence-electron chi connectivity index (χ3n) is 5.12. The molecule has 1 N–H and O–H groups in total. The number of carbonyl (C=O) groups excluding carboxylic acids is 1. The molecule has 0 unspecified atom stereocenters. The summed E-state index contributed by atoms with van der Waals surface area (Å²) in [5.41, 5.74) is 0.979. The largest absolute Gasteiger partial charge is 0.375 e. The molecule has 4 rings (SSSR count). The Kier molecular flexibility index (Phi) is 3.77. The fourth-order valence-electron chi connectivity index (χ4n) is 3.96. The maximum absolute atomic E-state index is 12.6. The van der Waals surface area contributed by atoms with Crippen molar-refractivity contribution in [1.29, 1.82) is 0 Å². The second kappa shape index (κ2) is 5.92. The number of rotatable bonds is 2. The van der Waals surface area contributed by atoms with E-state index in [1.807, 2.05) is 10.6 Å². The fraction of sp³-hybridized carbons (Fsp3) is 0.588. The van der Waals surface area contributed by atoms with E-state index >= 15 is 0 Å². The zero-order chi connectivity index (χ0) is 15.7. The molecule has 2 aromatic heterocycles. The second-order valence-corrected chi connectivity index (χ2v) is 6.69. The summed E-state index contributed by atoms with van der Waals surface area (Å²) in [7, 11) is 0. The van der Waals surface area contributed by atoms with E-state index in [0.717, 1.165) is 32.3 Å². The summed E-state index contributed by atoms with van der Waals surface area (Å²) in [5.74, 6) is -0.139. The number of hydrogen-bond donors (Lipinski definition) is 1. The van der Waals surface area contributed by atoms with Crippen molar-refractivity contribution in [3.8, 4) is 0 Å². The number of nitrogens with one attached hydrogen (secondary N) is 1. The van der Waals surface area contributed by atoms with Crippen molar-refractivity contribution in [2.45, 2.75) is 56.6 Å². The molecular weight excluding hydrogens is 292 g/mol. The molecular formula is C17H22N4O2. The van der Waals surface area contributed by atoms with Crippen LogP contribution in [-0.2, 0) is 4.74 Å². The maximum Gasteiger partial charge on any atom is 0.273 e. The Labute approximate surface area is 135 Å². The first-order valence-corrected chi connectivity index (χ1v) is 8.48. The molecule has 0 bridgehead atoms. The minimum Gasteiger partial charge on any atom is -0.375 e. The molecule has 2 aliphatic rings. The Morgan fingerprint density at radius 1 is 1.22 bits per heavy atom. The van der Waals surface area contributed by atoms with Crippen LogP contribution in [0.25, 0.3) is 5.65 Å². The summed E-state index contributed by atoms with van der Waals surface area (Å²) in [6.07, 6.45) is 14.7. The van der Waals surface area contributed by atoms with Gasteiger partial charge in [0.2, 0.25) is 0 Å². The van der Waals surface area contributed by atoms with Gasteiger partial charge in [0.25, 0.3) is 5.91 Å². The van der Waals surface area contributed by atoms with Crippen molar-refractivity contribution < 1.29 is 9.53 Å². The van der Waals surface area contributed by atoms with Crippen LogP contribution in [0.4, 0.5) is 0 Å². The fourth-order valence-corrected chi connectivity index (χ4v) is 3.96. The molecule has 0 aromatic carbocycles. The van der Waals surface area contributed by atoms with Gasteiger partial charge in [-0.05, 0) is 25.7 Å². The third-order valence-corrected chi connectivity index (χ3v) is 5.12. The zero-order valence-corrected chi connectivity index (χ0v) is 13.2. The molecule has 1 spiro atoms. The van der Waals surface area contributed by atoms with Crippen LogP contribution in [0.15, 0.2) is 24.8 Å². The summed E-state index contributed by atoms with van der Waals surface area (Å²) in [6.45, 7) is 0.728. The van der Waals surface area contributed by atoms with E-state index in [4.69, 9.17) is 4.74 Å². The lowest BCUT2D eigenvalue weighted by molar-refractivity contribution is -0.107. The van der Waals surface area contributed by atoms with Crippen molar-refractivity contribution in [2.75, 3.05) is 6.61 Å². The molecule has 1 saturated carbocycles. The van der Waals surface area contributed by atoms with Crippen molar-refractivity contribution in [3.05, 3.63) is 30.5 Å². The van der Waals surface area contributed by atoms with Gasteiger partial charge >= 0.3 is 0 Å². The lowest BCUT2D eigenvalue weighted by Gasteiger charge is -2.43. The number of hydrogen-bond acceptors (Lipinski definition) is 4. The highest BCUT2D eigenvalue weighted by Crippen LogP contribution is 2.38. The van der Waals surface area contributed by atoms with Crippen LogP contribution in [0, 0.1) is 0 Å². The highest BCUT2D eigenvalue weighted by molar-refractivity contribution is 5.97. The van der Waals surface area contributed by atoms with Crippen LogP contribution >= 0.6 is 0 Å². The smallest absolute Gasteiger partial charge is 0.273 e. The molecule has 1 aliphatic heterocycles. The molecule has 1 amide bonds. The van der Waals surface area contributed by atoms with Gasteiger partial charge in [0.1, 0.15) is 0 Å². The Hall–Kier alpha value is -1.95. The van der Waals surface area contributed by atoms with Crippen LogP contribution in [-0.4, -0.2) is 38.5 Å². The van der Waals surface area contributed by atoms with Crippen LogP contribution in [0.5, 0.6) is 0 Å². The van der Waals surface area contributed by atoms with Gasteiger partial charge in [-0.1, -0.05) is 19.3 Å². The van der Waals surface area contributed by atoms with Gasteiger partial charge in [0.15, 0.2) is 11.3 Å². The van der Waals surface area contributed by atoms with Crippen LogP contribution in [0.1, 0.15) is 55.4 Å². The standard InChI is InChI=1S/C17H22N4O2/c22-16(14-15-19-8-10-21(15)9-7-18-14)20-13-4-11-23-17(12-13)5-2-1-3-6-17/h7-10,13H,1-6,11-12H2,(H,20,22)/t13-/m1/s1. The molecule has 1 aliphatic carbocycles. The molecule has 2 fully saturated rings.